The molecule has 0 aliphatic heterocycles. The Kier molecular flexibility index (Phi) is 5.33. The highest BCUT2D eigenvalue weighted by molar-refractivity contribution is 6.03. The minimum Gasteiger partial charge on any atom is -0.398 e. The zero-order chi connectivity index (χ0) is 20.2. The van der Waals surface area contributed by atoms with Crippen molar-refractivity contribution in [1.82, 2.24) is 9.97 Å². The van der Waals surface area contributed by atoms with Gasteiger partial charge in [0.25, 0.3) is 0 Å². The minimum atomic E-state index is -0.308. The Hall–Kier alpha value is -3.54. The van der Waals surface area contributed by atoms with Gasteiger partial charge in [-0.1, -0.05) is 18.2 Å². The highest BCUT2D eigenvalue weighted by Gasteiger charge is 2.22. The first-order chi connectivity index (χ1) is 14.1. The predicted molar refractivity (Wildman–Crippen MR) is 112 cm³/mol. The van der Waals surface area contributed by atoms with Gasteiger partial charge in [-0.25, -0.2) is 14.4 Å². The summed E-state index contributed by atoms with van der Waals surface area (Å²) in [4.78, 5) is 21.7. The SMILES string of the molecule is Nc1ccc(-c2ccnc(Nc3ccc(F)cc3)n2)cc1C(=O)C1CC=CCC1. The number of nitrogens with one attached hydrogen (secondary N) is 1. The second-order valence-electron chi connectivity index (χ2n) is 7.05. The zero-order valence-corrected chi connectivity index (χ0v) is 15.8. The molecular weight excluding hydrogens is 367 g/mol. The van der Waals surface area contributed by atoms with Crippen LogP contribution < -0.4 is 11.1 Å². The molecule has 1 aliphatic rings. The lowest BCUT2D eigenvalue weighted by molar-refractivity contribution is 0.0913. The molecule has 0 saturated carbocycles. The first kappa shape index (κ1) is 18.8. The second kappa shape index (κ2) is 8.22. The number of nitrogens with zero attached hydrogens (tertiary/aromatic N) is 2. The fourth-order valence-electron chi connectivity index (χ4n) is 3.42. The fraction of sp³-hybridized carbons (Fsp3) is 0.174. The number of nitrogens with two attached hydrogens (primary N) is 1. The van der Waals surface area contributed by atoms with Crippen LogP contribution >= 0.6 is 0 Å². The number of rotatable bonds is 5. The molecule has 146 valence electrons. The van der Waals surface area contributed by atoms with Gasteiger partial charge >= 0.3 is 0 Å². The van der Waals surface area contributed by atoms with Crippen molar-refractivity contribution in [3.8, 4) is 11.3 Å². The third kappa shape index (κ3) is 4.32. The Bertz CT molecular complexity index is 1060. The zero-order valence-electron chi connectivity index (χ0n) is 15.8. The fourth-order valence-corrected chi connectivity index (χ4v) is 3.42. The van der Waals surface area contributed by atoms with Crippen LogP contribution in [-0.2, 0) is 0 Å². The number of halogens is 1. The van der Waals surface area contributed by atoms with Crippen LogP contribution in [0.15, 0.2) is 66.9 Å². The van der Waals surface area contributed by atoms with Gasteiger partial charge < -0.3 is 11.1 Å². The maximum absolute atomic E-state index is 13.1. The molecule has 0 amide bonds. The van der Waals surface area contributed by atoms with Gasteiger partial charge in [0.1, 0.15) is 5.82 Å². The van der Waals surface area contributed by atoms with Gasteiger partial charge in [0.05, 0.1) is 5.69 Å². The molecule has 1 heterocycles. The maximum atomic E-state index is 13.1. The van der Waals surface area contributed by atoms with E-state index in [0.29, 0.717) is 28.6 Å². The molecular formula is C23H21FN4O. The number of aromatic nitrogens is 2. The summed E-state index contributed by atoms with van der Waals surface area (Å²) in [5.74, 6) is 0.125. The Morgan fingerprint density at radius 1 is 1.10 bits per heavy atom. The van der Waals surface area contributed by atoms with Gasteiger partial charge in [0, 0.05) is 34.6 Å². The van der Waals surface area contributed by atoms with Crippen molar-refractivity contribution in [2.75, 3.05) is 11.1 Å². The van der Waals surface area contributed by atoms with E-state index in [1.807, 2.05) is 6.07 Å². The maximum Gasteiger partial charge on any atom is 0.227 e. The number of benzene rings is 2. The molecule has 0 radical (unpaired) electrons. The van der Waals surface area contributed by atoms with Crippen LogP contribution in [0.25, 0.3) is 11.3 Å². The van der Waals surface area contributed by atoms with Crippen molar-refractivity contribution >= 4 is 23.1 Å². The Labute approximate surface area is 168 Å². The summed E-state index contributed by atoms with van der Waals surface area (Å²) in [6.07, 6.45) is 8.32. The van der Waals surface area contributed by atoms with E-state index >= 15 is 0 Å². The highest BCUT2D eigenvalue weighted by Crippen LogP contribution is 2.29. The van der Waals surface area contributed by atoms with E-state index in [2.05, 4.69) is 27.4 Å². The standard InChI is InChI=1S/C23H21FN4O/c24-17-7-9-18(10-8-17)27-23-26-13-12-21(28-23)16-6-11-20(25)19(14-16)22(29)15-4-2-1-3-5-15/h1-2,6-15H,3-5,25H2,(H,26,27,28). The summed E-state index contributed by atoms with van der Waals surface area (Å²) in [5.41, 5.74) is 9.26. The van der Waals surface area contributed by atoms with E-state index in [4.69, 9.17) is 5.73 Å². The molecule has 4 rings (SSSR count). The van der Waals surface area contributed by atoms with Crippen molar-refractivity contribution in [3.05, 3.63) is 78.3 Å². The van der Waals surface area contributed by atoms with Crippen molar-refractivity contribution in [1.29, 1.82) is 0 Å². The third-order valence-electron chi connectivity index (χ3n) is 5.01. The molecule has 2 aromatic carbocycles. The molecule has 1 aliphatic carbocycles. The third-order valence-corrected chi connectivity index (χ3v) is 5.01. The molecule has 0 saturated heterocycles. The molecule has 1 unspecified atom stereocenters. The number of Topliss-reactive ketones (excluding diaryl/α,β-unsaturated/α-hetero) is 1. The molecule has 29 heavy (non-hydrogen) atoms. The number of hydrogen-bond donors (Lipinski definition) is 2. The van der Waals surface area contributed by atoms with E-state index in [-0.39, 0.29) is 17.5 Å². The lowest BCUT2D eigenvalue weighted by atomic mass is 9.86. The van der Waals surface area contributed by atoms with Crippen molar-refractivity contribution in [2.24, 2.45) is 5.92 Å². The largest absolute Gasteiger partial charge is 0.398 e. The van der Waals surface area contributed by atoms with E-state index in [1.54, 1.807) is 36.5 Å². The van der Waals surface area contributed by atoms with Gasteiger partial charge in [-0.3, -0.25) is 4.79 Å². The molecule has 1 atom stereocenters. The lowest BCUT2D eigenvalue weighted by Gasteiger charge is -2.18. The summed E-state index contributed by atoms with van der Waals surface area (Å²) in [7, 11) is 0. The summed E-state index contributed by atoms with van der Waals surface area (Å²) in [6.45, 7) is 0. The van der Waals surface area contributed by atoms with Crippen LogP contribution in [0.2, 0.25) is 0 Å². The molecule has 3 N–H and O–H groups in total. The Morgan fingerprint density at radius 2 is 1.93 bits per heavy atom. The molecule has 0 fully saturated rings. The summed E-state index contributed by atoms with van der Waals surface area (Å²) in [5, 5.41) is 3.05. The summed E-state index contributed by atoms with van der Waals surface area (Å²) >= 11 is 0. The first-order valence-corrected chi connectivity index (χ1v) is 9.55. The second-order valence-corrected chi connectivity index (χ2v) is 7.05. The van der Waals surface area contributed by atoms with E-state index in [9.17, 15) is 9.18 Å². The number of hydrogen-bond acceptors (Lipinski definition) is 5. The number of anilines is 3. The predicted octanol–water partition coefficient (Wildman–Crippen LogP) is 5.15. The lowest BCUT2D eigenvalue weighted by Crippen LogP contribution is -2.17. The summed E-state index contributed by atoms with van der Waals surface area (Å²) in [6, 6.07) is 13.1. The Morgan fingerprint density at radius 3 is 2.69 bits per heavy atom. The van der Waals surface area contributed by atoms with E-state index in [0.717, 1.165) is 24.8 Å². The Balaban J connectivity index is 1.60. The van der Waals surface area contributed by atoms with Crippen molar-refractivity contribution in [3.63, 3.8) is 0 Å². The van der Waals surface area contributed by atoms with Crippen LogP contribution in [0.3, 0.4) is 0 Å². The van der Waals surface area contributed by atoms with Gasteiger partial charge in [-0.05, 0) is 61.7 Å². The van der Waals surface area contributed by atoms with E-state index < -0.39 is 0 Å². The monoisotopic (exact) mass is 388 g/mol. The molecule has 5 nitrogen and oxygen atoms in total. The van der Waals surface area contributed by atoms with Crippen LogP contribution in [0.5, 0.6) is 0 Å². The van der Waals surface area contributed by atoms with Crippen LogP contribution in [0.1, 0.15) is 29.6 Å². The number of carbonyl (C=O) groups excluding carboxylic acids is 1. The van der Waals surface area contributed by atoms with Crippen molar-refractivity contribution in [2.45, 2.75) is 19.3 Å². The topological polar surface area (TPSA) is 80.9 Å². The first-order valence-electron chi connectivity index (χ1n) is 9.55. The van der Waals surface area contributed by atoms with E-state index in [1.165, 1.54) is 12.1 Å². The van der Waals surface area contributed by atoms with Gasteiger partial charge in [0.2, 0.25) is 5.95 Å². The van der Waals surface area contributed by atoms with Gasteiger partial charge in [0.15, 0.2) is 5.78 Å². The average molecular weight is 388 g/mol. The number of nitrogen functional groups attached to an aromatic ring is 1. The van der Waals surface area contributed by atoms with Gasteiger partial charge in [-0.15, -0.1) is 0 Å². The quantitative estimate of drug-likeness (QED) is 0.359. The minimum absolute atomic E-state index is 0.0290. The molecule has 3 aromatic rings. The van der Waals surface area contributed by atoms with Gasteiger partial charge in [-0.2, -0.15) is 0 Å². The van der Waals surface area contributed by atoms with Crippen molar-refractivity contribution < 1.29 is 9.18 Å². The molecule has 6 heteroatoms. The molecule has 0 bridgehead atoms. The molecule has 1 aromatic heterocycles. The normalized spacial score (nSPS) is 15.8. The van der Waals surface area contributed by atoms with Crippen LogP contribution in [0, 0.1) is 11.7 Å². The van der Waals surface area contributed by atoms with Crippen LogP contribution in [0.4, 0.5) is 21.7 Å². The number of allylic oxidation sites excluding steroid dienone is 2. The number of ketones is 1. The van der Waals surface area contributed by atoms with Crippen LogP contribution in [-0.4, -0.2) is 15.8 Å². The average Bonchev–Trinajstić information content (AvgIpc) is 2.76. The molecule has 0 spiro atoms. The highest BCUT2D eigenvalue weighted by atomic mass is 19.1. The number of carbonyl (C=O) groups is 1. The smallest absolute Gasteiger partial charge is 0.227 e. The summed E-state index contributed by atoms with van der Waals surface area (Å²) < 4.78 is 13.1.